The van der Waals surface area contributed by atoms with Crippen LogP contribution in [-0.4, -0.2) is 29.0 Å². The number of hydrogen-bond donors (Lipinski definition) is 1. The monoisotopic (exact) mass is 452 g/mol. The molecule has 4 aromatic rings. The number of nitrogens with one attached hydrogen (secondary N) is 1. The second-order valence-electron chi connectivity index (χ2n) is 8.38. The molecule has 7 heteroatoms. The molecule has 2 aliphatic rings. The molecule has 0 amide bonds. The van der Waals surface area contributed by atoms with Crippen molar-refractivity contribution in [1.29, 1.82) is 0 Å². The Bertz CT molecular complexity index is 1420. The number of nitrogens with zero attached hydrogens (tertiary/aromatic N) is 3. The SMILES string of the molecule is COc1cccc([C@@H]2C3=C(Nc4ncnn42)c2ccccc2O[C@@H]3c2cccc(C)c2)c1OC. The van der Waals surface area contributed by atoms with E-state index >= 15 is 0 Å². The predicted molar refractivity (Wildman–Crippen MR) is 129 cm³/mol. The molecule has 6 rings (SSSR count). The van der Waals surface area contributed by atoms with Gasteiger partial charge in [0.15, 0.2) is 11.5 Å². The van der Waals surface area contributed by atoms with Crippen molar-refractivity contribution in [3.05, 3.63) is 101 Å². The normalized spacial score (nSPS) is 18.2. The third kappa shape index (κ3) is 3.04. The highest BCUT2D eigenvalue weighted by molar-refractivity contribution is 5.85. The number of para-hydroxylation sites is 2. The van der Waals surface area contributed by atoms with Gasteiger partial charge in [-0.3, -0.25) is 0 Å². The van der Waals surface area contributed by atoms with Gasteiger partial charge in [-0.1, -0.05) is 54.1 Å². The van der Waals surface area contributed by atoms with E-state index in [-0.39, 0.29) is 12.1 Å². The van der Waals surface area contributed by atoms with Crippen LogP contribution in [0.1, 0.15) is 34.4 Å². The first kappa shape index (κ1) is 20.4. The first-order chi connectivity index (χ1) is 16.7. The zero-order chi connectivity index (χ0) is 23.2. The lowest BCUT2D eigenvalue weighted by Crippen LogP contribution is -2.32. The second-order valence-corrected chi connectivity index (χ2v) is 8.38. The minimum atomic E-state index is -0.337. The maximum absolute atomic E-state index is 6.68. The Morgan fingerprint density at radius 2 is 1.82 bits per heavy atom. The smallest absolute Gasteiger partial charge is 0.226 e. The Kier molecular flexibility index (Phi) is 4.76. The second kappa shape index (κ2) is 7.95. The summed E-state index contributed by atoms with van der Waals surface area (Å²) in [6.07, 6.45) is 1.23. The van der Waals surface area contributed by atoms with E-state index < -0.39 is 0 Å². The van der Waals surface area contributed by atoms with Crippen molar-refractivity contribution in [3.8, 4) is 17.2 Å². The van der Waals surface area contributed by atoms with Crippen molar-refractivity contribution in [1.82, 2.24) is 14.8 Å². The van der Waals surface area contributed by atoms with Gasteiger partial charge >= 0.3 is 0 Å². The molecule has 0 unspecified atom stereocenters. The van der Waals surface area contributed by atoms with Crippen molar-refractivity contribution in [2.75, 3.05) is 19.5 Å². The molecule has 7 nitrogen and oxygen atoms in total. The topological polar surface area (TPSA) is 70.4 Å². The van der Waals surface area contributed by atoms with Gasteiger partial charge in [-0.25, -0.2) is 4.68 Å². The van der Waals surface area contributed by atoms with Gasteiger partial charge in [-0.05, 0) is 30.7 Å². The highest BCUT2D eigenvalue weighted by Crippen LogP contribution is 2.52. The van der Waals surface area contributed by atoms with Gasteiger partial charge in [0.1, 0.15) is 24.2 Å². The van der Waals surface area contributed by atoms with E-state index in [0.717, 1.165) is 33.7 Å². The molecular weight excluding hydrogens is 428 g/mol. The lowest BCUT2D eigenvalue weighted by atomic mass is 9.84. The van der Waals surface area contributed by atoms with Crippen LogP contribution >= 0.6 is 0 Å². The number of hydrogen-bond acceptors (Lipinski definition) is 6. The third-order valence-electron chi connectivity index (χ3n) is 6.39. The molecule has 0 radical (unpaired) electrons. The van der Waals surface area contributed by atoms with Crippen LogP contribution in [0.15, 0.2) is 78.6 Å². The van der Waals surface area contributed by atoms with Gasteiger partial charge in [0.05, 0.1) is 19.9 Å². The largest absolute Gasteiger partial charge is 0.493 e. The minimum absolute atomic E-state index is 0.322. The average molecular weight is 453 g/mol. The molecule has 3 heterocycles. The number of ether oxygens (including phenoxy) is 3. The van der Waals surface area contributed by atoms with Crippen molar-refractivity contribution in [3.63, 3.8) is 0 Å². The molecule has 1 N–H and O–H groups in total. The Balaban J connectivity index is 1.66. The van der Waals surface area contributed by atoms with Gasteiger partial charge in [-0.15, -0.1) is 0 Å². The van der Waals surface area contributed by atoms with Crippen LogP contribution in [0.3, 0.4) is 0 Å². The number of rotatable bonds is 4. The summed E-state index contributed by atoms with van der Waals surface area (Å²) in [6, 6.07) is 22.1. The fourth-order valence-electron chi connectivity index (χ4n) is 4.95. The molecule has 2 aliphatic heterocycles. The summed E-state index contributed by atoms with van der Waals surface area (Å²) in [5.41, 5.74) is 6.16. The molecule has 0 saturated carbocycles. The van der Waals surface area contributed by atoms with Crippen LogP contribution in [-0.2, 0) is 0 Å². The van der Waals surface area contributed by atoms with Gasteiger partial charge < -0.3 is 19.5 Å². The lowest BCUT2D eigenvalue weighted by Gasteiger charge is -2.39. The van der Waals surface area contributed by atoms with Crippen LogP contribution in [0.25, 0.3) is 5.70 Å². The van der Waals surface area contributed by atoms with E-state index in [1.807, 2.05) is 41.1 Å². The molecule has 0 aliphatic carbocycles. The Labute approximate surface area is 197 Å². The van der Waals surface area contributed by atoms with Gasteiger partial charge in [0.2, 0.25) is 5.95 Å². The number of benzene rings is 3. The van der Waals surface area contributed by atoms with Gasteiger partial charge in [-0.2, -0.15) is 10.1 Å². The molecule has 34 heavy (non-hydrogen) atoms. The molecule has 0 spiro atoms. The van der Waals surface area contributed by atoms with E-state index in [9.17, 15) is 0 Å². The first-order valence-electron chi connectivity index (χ1n) is 11.1. The zero-order valence-electron chi connectivity index (χ0n) is 19.1. The summed E-state index contributed by atoms with van der Waals surface area (Å²) in [4.78, 5) is 4.50. The van der Waals surface area contributed by atoms with Crippen molar-refractivity contribution in [2.24, 2.45) is 0 Å². The third-order valence-corrected chi connectivity index (χ3v) is 6.39. The van der Waals surface area contributed by atoms with Crippen LogP contribution in [0, 0.1) is 6.92 Å². The number of aryl methyl sites for hydroxylation is 1. The molecule has 1 aromatic heterocycles. The zero-order valence-corrected chi connectivity index (χ0v) is 19.1. The number of fused-ring (bicyclic) bond motifs is 3. The summed E-state index contributed by atoms with van der Waals surface area (Å²) in [6.45, 7) is 2.09. The molecule has 0 fully saturated rings. The van der Waals surface area contributed by atoms with Crippen LogP contribution in [0.4, 0.5) is 5.95 Å². The van der Waals surface area contributed by atoms with Gasteiger partial charge in [0, 0.05) is 16.7 Å². The lowest BCUT2D eigenvalue weighted by molar-refractivity contribution is 0.222. The summed E-state index contributed by atoms with van der Waals surface area (Å²) in [7, 11) is 3.30. The summed E-state index contributed by atoms with van der Waals surface area (Å²) in [5, 5.41) is 8.13. The summed E-state index contributed by atoms with van der Waals surface area (Å²) < 4.78 is 20.0. The van der Waals surface area contributed by atoms with Crippen LogP contribution < -0.4 is 19.5 Å². The fraction of sp³-hybridized carbons (Fsp3) is 0.185. The van der Waals surface area contributed by atoms with Crippen molar-refractivity contribution in [2.45, 2.75) is 19.1 Å². The van der Waals surface area contributed by atoms with Gasteiger partial charge in [0.25, 0.3) is 0 Å². The van der Waals surface area contributed by atoms with Crippen molar-refractivity contribution < 1.29 is 14.2 Å². The Hall–Kier alpha value is -4.26. The van der Waals surface area contributed by atoms with E-state index in [4.69, 9.17) is 14.2 Å². The van der Waals surface area contributed by atoms with Crippen molar-refractivity contribution >= 4 is 11.6 Å². The van der Waals surface area contributed by atoms with E-state index in [0.29, 0.717) is 17.4 Å². The molecule has 0 bridgehead atoms. The highest BCUT2D eigenvalue weighted by atomic mass is 16.5. The summed E-state index contributed by atoms with van der Waals surface area (Å²) in [5.74, 6) is 2.80. The quantitative estimate of drug-likeness (QED) is 0.461. The van der Waals surface area contributed by atoms with Crippen LogP contribution in [0.2, 0.25) is 0 Å². The number of anilines is 1. The van der Waals surface area contributed by atoms with E-state index in [1.54, 1.807) is 20.5 Å². The standard InChI is InChI=1S/C27H24N4O3/c1-16-8-6-9-17(14-16)25-22-23(18-10-4-5-12-20(18)34-25)30-27-28-15-29-31(27)24(22)19-11-7-13-21(32-2)26(19)33-3/h4-15,24-25H,1-3H3,(H,28,29,30)/t24-,25-/m1/s1. The number of methoxy groups -OCH3 is 2. The fourth-order valence-corrected chi connectivity index (χ4v) is 4.95. The molecule has 0 saturated heterocycles. The number of aromatic nitrogens is 3. The Morgan fingerprint density at radius 1 is 0.971 bits per heavy atom. The van der Waals surface area contributed by atoms with Crippen LogP contribution in [0.5, 0.6) is 17.2 Å². The molecule has 2 atom stereocenters. The van der Waals surface area contributed by atoms with E-state index in [1.165, 1.54) is 5.56 Å². The molecular formula is C27H24N4O3. The molecule has 170 valence electrons. The average Bonchev–Trinajstić information content (AvgIpc) is 3.34. The highest BCUT2D eigenvalue weighted by Gasteiger charge is 2.42. The predicted octanol–water partition coefficient (Wildman–Crippen LogP) is 5.16. The maximum Gasteiger partial charge on any atom is 0.226 e. The first-order valence-corrected chi connectivity index (χ1v) is 11.1. The Morgan fingerprint density at radius 3 is 2.65 bits per heavy atom. The minimum Gasteiger partial charge on any atom is -0.493 e. The maximum atomic E-state index is 6.68. The van der Waals surface area contributed by atoms with E-state index in [2.05, 4.69) is 52.7 Å². The summed E-state index contributed by atoms with van der Waals surface area (Å²) >= 11 is 0. The molecule has 3 aromatic carbocycles.